The first-order valence-electron chi connectivity index (χ1n) is 9.68. The van der Waals surface area contributed by atoms with Gasteiger partial charge >= 0.3 is 11.6 Å². The van der Waals surface area contributed by atoms with E-state index in [2.05, 4.69) is 5.32 Å². The van der Waals surface area contributed by atoms with Crippen LogP contribution in [0.5, 0.6) is 11.5 Å². The Morgan fingerprint density at radius 2 is 1.75 bits per heavy atom. The maximum atomic E-state index is 12.6. The monoisotopic (exact) mass is 459 g/mol. The van der Waals surface area contributed by atoms with E-state index < -0.39 is 23.5 Å². The molecule has 0 saturated carbocycles. The molecule has 0 aliphatic carbocycles. The predicted octanol–water partition coefficient (Wildman–Crippen LogP) is 3.13. The molecule has 0 bridgehead atoms. The van der Waals surface area contributed by atoms with Gasteiger partial charge in [-0.25, -0.2) is 9.59 Å². The van der Waals surface area contributed by atoms with Gasteiger partial charge in [0.1, 0.15) is 11.6 Å². The Morgan fingerprint density at radius 1 is 1.12 bits per heavy atom. The quantitative estimate of drug-likeness (QED) is 0.497. The van der Waals surface area contributed by atoms with Crippen molar-refractivity contribution in [3.05, 3.63) is 68.5 Å². The molecule has 168 valence electrons. The van der Waals surface area contributed by atoms with Crippen molar-refractivity contribution < 1.29 is 28.6 Å². The van der Waals surface area contributed by atoms with Crippen molar-refractivity contribution in [3.8, 4) is 11.5 Å². The molecule has 3 aromatic rings. The van der Waals surface area contributed by atoms with Gasteiger partial charge in [-0.3, -0.25) is 4.79 Å². The van der Waals surface area contributed by atoms with Crippen LogP contribution in [0.1, 0.15) is 16.7 Å². The number of aryl methyl sites for hydroxylation is 1. The van der Waals surface area contributed by atoms with Crippen LogP contribution in [0.25, 0.3) is 11.0 Å². The Morgan fingerprint density at radius 3 is 2.34 bits per heavy atom. The van der Waals surface area contributed by atoms with Gasteiger partial charge < -0.3 is 24.3 Å². The molecular weight excluding hydrogens is 438 g/mol. The SMILES string of the molecule is COc1cc2oc(=O)c(CC(=O)NC(Cc3ccc(Cl)cc3)C(=O)O)c(C)c2cc1OC. The van der Waals surface area contributed by atoms with Crippen LogP contribution >= 0.6 is 11.6 Å². The van der Waals surface area contributed by atoms with Gasteiger partial charge in [0.05, 0.1) is 26.2 Å². The molecule has 0 radical (unpaired) electrons. The van der Waals surface area contributed by atoms with Crippen molar-refractivity contribution in [1.82, 2.24) is 5.32 Å². The number of halogens is 1. The summed E-state index contributed by atoms with van der Waals surface area (Å²) in [6.45, 7) is 1.69. The van der Waals surface area contributed by atoms with E-state index in [4.69, 9.17) is 25.5 Å². The second kappa shape index (κ2) is 9.74. The summed E-state index contributed by atoms with van der Waals surface area (Å²) in [5.74, 6) is -0.949. The molecule has 1 amide bonds. The van der Waals surface area contributed by atoms with E-state index in [1.54, 1.807) is 43.3 Å². The fraction of sp³-hybridized carbons (Fsp3) is 0.261. The largest absolute Gasteiger partial charge is 0.493 e. The molecule has 1 atom stereocenters. The average Bonchev–Trinajstić information content (AvgIpc) is 2.76. The minimum Gasteiger partial charge on any atom is -0.493 e. The van der Waals surface area contributed by atoms with Crippen molar-refractivity contribution in [2.24, 2.45) is 0 Å². The highest BCUT2D eigenvalue weighted by Gasteiger charge is 2.23. The summed E-state index contributed by atoms with van der Waals surface area (Å²) in [4.78, 5) is 36.8. The van der Waals surface area contributed by atoms with E-state index in [1.807, 2.05) is 0 Å². The number of fused-ring (bicyclic) bond motifs is 1. The van der Waals surface area contributed by atoms with E-state index in [1.165, 1.54) is 14.2 Å². The second-order valence-corrected chi connectivity index (χ2v) is 7.60. The number of aliphatic carboxylic acids is 1. The first-order valence-corrected chi connectivity index (χ1v) is 10.1. The van der Waals surface area contributed by atoms with E-state index >= 15 is 0 Å². The lowest BCUT2D eigenvalue weighted by Gasteiger charge is -2.16. The Labute approximate surface area is 188 Å². The molecule has 0 saturated heterocycles. The van der Waals surface area contributed by atoms with Crippen molar-refractivity contribution in [2.75, 3.05) is 14.2 Å². The minimum atomic E-state index is -1.19. The Balaban J connectivity index is 1.85. The number of hydrogen-bond donors (Lipinski definition) is 2. The Kier molecular flexibility index (Phi) is 7.05. The third-order valence-electron chi connectivity index (χ3n) is 5.12. The number of hydrogen-bond acceptors (Lipinski definition) is 6. The second-order valence-electron chi connectivity index (χ2n) is 7.16. The van der Waals surface area contributed by atoms with E-state index in [0.29, 0.717) is 38.6 Å². The molecule has 2 aromatic carbocycles. The van der Waals surface area contributed by atoms with Gasteiger partial charge in [0, 0.05) is 22.9 Å². The molecule has 2 N–H and O–H groups in total. The molecule has 1 aromatic heterocycles. The third-order valence-corrected chi connectivity index (χ3v) is 5.37. The van der Waals surface area contributed by atoms with Crippen LogP contribution < -0.4 is 20.4 Å². The predicted molar refractivity (Wildman–Crippen MR) is 119 cm³/mol. The third kappa shape index (κ3) is 5.03. The molecule has 0 fully saturated rings. The number of carboxylic acids is 1. The summed E-state index contributed by atoms with van der Waals surface area (Å²) < 4.78 is 15.9. The number of carboxylic acid groups (broad SMARTS) is 1. The molecule has 8 nitrogen and oxygen atoms in total. The van der Waals surface area contributed by atoms with Crippen LogP contribution in [0.4, 0.5) is 0 Å². The molecule has 32 heavy (non-hydrogen) atoms. The van der Waals surface area contributed by atoms with Gasteiger partial charge in [-0.1, -0.05) is 23.7 Å². The highest BCUT2D eigenvalue weighted by molar-refractivity contribution is 6.30. The normalized spacial score (nSPS) is 11.8. The summed E-state index contributed by atoms with van der Waals surface area (Å²) in [5, 5.41) is 13.1. The smallest absolute Gasteiger partial charge is 0.340 e. The summed E-state index contributed by atoms with van der Waals surface area (Å²) in [5.41, 5.74) is 0.988. The van der Waals surface area contributed by atoms with Crippen LogP contribution in [0, 0.1) is 6.92 Å². The topological polar surface area (TPSA) is 115 Å². The standard InChI is InChI=1S/C23H22ClNO7/c1-12-15-9-19(30-2)20(31-3)11-18(15)32-23(29)16(12)10-21(26)25-17(22(27)28)8-13-4-6-14(24)7-5-13/h4-7,9,11,17H,8,10H2,1-3H3,(H,25,26)(H,27,28). The lowest BCUT2D eigenvalue weighted by atomic mass is 10.0. The molecule has 3 rings (SSSR count). The van der Waals surface area contributed by atoms with Gasteiger partial charge in [0.15, 0.2) is 11.5 Å². The van der Waals surface area contributed by atoms with Gasteiger partial charge in [-0.05, 0) is 36.2 Å². The van der Waals surface area contributed by atoms with Gasteiger partial charge in [0.25, 0.3) is 0 Å². The summed E-state index contributed by atoms with van der Waals surface area (Å²) in [6, 6.07) is 8.70. The van der Waals surface area contributed by atoms with Crippen LogP contribution in [-0.2, 0) is 22.4 Å². The number of nitrogens with one attached hydrogen (secondary N) is 1. The van der Waals surface area contributed by atoms with Crippen LogP contribution in [0.3, 0.4) is 0 Å². The van der Waals surface area contributed by atoms with Crippen LogP contribution in [0.2, 0.25) is 5.02 Å². The Bertz CT molecular complexity index is 1220. The number of amides is 1. The lowest BCUT2D eigenvalue weighted by molar-refractivity contribution is -0.141. The van der Waals surface area contributed by atoms with Gasteiger partial charge in [0.2, 0.25) is 5.91 Å². The zero-order valence-electron chi connectivity index (χ0n) is 17.7. The summed E-state index contributed by atoms with van der Waals surface area (Å²) in [7, 11) is 2.95. The molecule has 1 unspecified atom stereocenters. The maximum absolute atomic E-state index is 12.6. The van der Waals surface area contributed by atoms with Crippen molar-refractivity contribution in [2.45, 2.75) is 25.8 Å². The van der Waals surface area contributed by atoms with Crippen LogP contribution in [-0.4, -0.2) is 37.2 Å². The number of rotatable bonds is 8. The van der Waals surface area contributed by atoms with E-state index in [0.717, 1.165) is 0 Å². The summed E-state index contributed by atoms with van der Waals surface area (Å²) in [6.07, 6.45) is -0.261. The van der Waals surface area contributed by atoms with Crippen molar-refractivity contribution in [1.29, 1.82) is 0 Å². The van der Waals surface area contributed by atoms with E-state index in [9.17, 15) is 19.5 Å². The maximum Gasteiger partial charge on any atom is 0.340 e. The number of carbonyl (C=O) groups is 2. The van der Waals surface area contributed by atoms with Crippen LogP contribution in [0.15, 0.2) is 45.6 Å². The van der Waals surface area contributed by atoms with Gasteiger partial charge in [-0.2, -0.15) is 0 Å². The first kappa shape index (κ1) is 23.1. The molecule has 1 heterocycles. The number of methoxy groups -OCH3 is 2. The fourth-order valence-corrected chi connectivity index (χ4v) is 3.51. The highest BCUT2D eigenvalue weighted by atomic mass is 35.5. The number of ether oxygens (including phenoxy) is 2. The molecule has 9 heteroatoms. The Hall–Kier alpha value is -3.52. The van der Waals surface area contributed by atoms with E-state index in [-0.39, 0.29) is 18.4 Å². The average molecular weight is 460 g/mol. The van der Waals surface area contributed by atoms with Crippen molar-refractivity contribution >= 4 is 34.4 Å². The zero-order chi connectivity index (χ0) is 23.4. The minimum absolute atomic E-state index is 0.0700. The molecular formula is C23H22ClNO7. The zero-order valence-corrected chi connectivity index (χ0v) is 18.5. The fourth-order valence-electron chi connectivity index (χ4n) is 3.38. The number of carbonyl (C=O) groups excluding carboxylic acids is 1. The molecule has 0 spiro atoms. The van der Waals surface area contributed by atoms with Gasteiger partial charge in [-0.15, -0.1) is 0 Å². The first-order chi connectivity index (χ1) is 15.2. The highest BCUT2D eigenvalue weighted by Crippen LogP contribution is 2.33. The lowest BCUT2D eigenvalue weighted by Crippen LogP contribution is -2.43. The molecule has 0 aliphatic heterocycles. The van der Waals surface area contributed by atoms with Crippen molar-refractivity contribution in [3.63, 3.8) is 0 Å². The summed E-state index contributed by atoms with van der Waals surface area (Å²) >= 11 is 5.85. The number of benzene rings is 2. The molecule has 0 aliphatic rings.